The molecule has 8 rings (SSSR count). The Morgan fingerprint density at radius 1 is 0.547 bits per heavy atom. The van der Waals surface area contributed by atoms with Gasteiger partial charge in [-0.3, -0.25) is 40.0 Å². The summed E-state index contributed by atoms with van der Waals surface area (Å²) in [6.45, 7) is 10.4. The van der Waals surface area contributed by atoms with Gasteiger partial charge in [-0.1, -0.05) is 54.1 Å². The lowest BCUT2D eigenvalue weighted by Gasteiger charge is -2.20. The highest BCUT2D eigenvalue weighted by molar-refractivity contribution is 7.21. The van der Waals surface area contributed by atoms with Crippen LogP contribution in [-0.2, 0) is 21.2 Å². The van der Waals surface area contributed by atoms with E-state index < -0.39 is 41.1 Å². The zero-order chi connectivity index (χ0) is 54.4. The first-order valence-electron chi connectivity index (χ1n) is 22.8. The van der Waals surface area contributed by atoms with Gasteiger partial charge in [0.1, 0.15) is 20.9 Å². The van der Waals surface area contributed by atoms with Crippen molar-refractivity contribution >= 4 is 137 Å². The normalized spacial score (nSPS) is 11.3. The SMILES string of the molecule is CN(NC(=O)c1cc2c(NC(=O)c3ccc(CCl)cc3)nn(C(=O)OC(C)(C)C)c2s1)c1ccc(Cl)cc1.CN(NC(=O)c1cc2c(NC(=O)c3ccc(CCl)cc3)nn(C(=O)OC(C)(C)C)c2s1)c1ccccc1. The molecule has 0 saturated carbocycles. The van der Waals surface area contributed by atoms with E-state index in [2.05, 4.69) is 31.7 Å². The number of fused-ring (bicyclic) bond motifs is 2. The lowest BCUT2D eigenvalue weighted by molar-refractivity contribution is 0.0513. The third kappa shape index (κ3) is 14.0. The number of benzene rings is 4. The Labute approximate surface area is 454 Å². The second kappa shape index (κ2) is 23.4. The third-order valence-electron chi connectivity index (χ3n) is 10.4. The van der Waals surface area contributed by atoms with Gasteiger partial charge in [0.25, 0.3) is 23.6 Å². The second-order valence-electron chi connectivity index (χ2n) is 18.5. The van der Waals surface area contributed by atoms with E-state index in [1.165, 1.54) is 0 Å². The topological polar surface area (TPSA) is 211 Å². The number of hydrazine groups is 2. The van der Waals surface area contributed by atoms with Crippen molar-refractivity contribution in [3.63, 3.8) is 0 Å². The summed E-state index contributed by atoms with van der Waals surface area (Å²) in [5, 5.41) is 18.7. The third-order valence-corrected chi connectivity index (χ3v) is 13.5. The molecule has 0 aliphatic rings. The summed E-state index contributed by atoms with van der Waals surface area (Å²) in [6.07, 6.45) is -1.46. The number of amides is 4. The van der Waals surface area contributed by atoms with Crippen LogP contribution in [0.4, 0.5) is 32.6 Å². The van der Waals surface area contributed by atoms with Crippen LogP contribution in [0.1, 0.15) is 92.7 Å². The number of halogens is 3. The lowest BCUT2D eigenvalue weighted by atomic mass is 10.1. The molecule has 18 nitrogen and oxygen atoms in total. The molecule has 4 amide bonds. The maximum absolute atomic E-state index is 13.1. The van der Waals surface area contributed by atoms with Crippen molar-refractivity contribution in [1.29, 1.82) is 0 Å². The molecule has 4 aromatic carbocycles. The molecule has 0 bridgehead atoms. The van der Waals surface area contributed by atoms with Crippen molar-refractivity contribution in [3.05, 3.63) is 152 Å². The van der Waals surface area contributed by atoms with Crippen molar-refractivity contribution in [2.24, 2.45) is 0 Å². The zero-order valence-corrected chi connectivity index (χ0v) is 45.7. The monoisotopic (exact) mass is 1110 g/mol. The number of carbonyl (C=O) groups excluding carboxylic acids is 6. The van der Waals surface area contributed by atoms with E-state index in [4.69, 9.17) is 44.3 Å². The Morgan fingerprint density at radius 2 is 0.920 bits per heavy atom. The van der Waals surface area contributed by atoms with E-state index in [0.717, 1.165) is 54.5 Å². The second-order valence-corrected chi connectivity index (χ2v) is 21.6. The molecule has 4 N–H and O–H groups in total. The van der Waals surface area contributed by atoms with E-state index >= 15 is 0 Å². The average Bonchev–Trinajstić information content (AvgIpc) is 4.16. The molecule has 390 valence electrons. The summed E-state index contributed by atoms with van der Waals surface area (Å²) in [7, 11) is 3.42. The average molecular weight is 1110 g/mol. The number of thiophene rings is 2. The van der Waals surface area contributed by atoms with E-state index in [1.54, 1.807) is 151 Å². The van der Waals surface area contributed by atoms with Crippen LogP contribution in [-0.4, -0.2) is 80.7 Å². The molecule has 8 aromatic rings. The number of alkyl halides is 2. The number of nitrogens with zero attached hydrogens (tertiary/aromatic N) is 6. The van der Waals surface area contributed by atoms with Crippen LogP contribution >= 0.6 is 57.5 Å². The number of aromatic nitrogens is 4. The van der Waals surface area contributed by atoms with Crippen LogP contribution in [0.3, 0.4) is 0 Å². The van der Waals surface area contributed by atoms with Crippen LogP contribution in [0.2, 0.25) is 5.02 Å². The molecule has 75 heavy (non-hydrogen) atoms. The van der Waals surface area contributed by atoms with E-state index in [0.29, 0.717) is 58.1 Å². The minimum Gasteiger partial charge on any atom is -0.442 e. The number of para-hydroxylation sites is 1. The molecule has 0 aliphatic heterocycles. The molecular formula is C52H51Cl3N10O8S2. The summed E-state index contributed by atoms with van der Waals surface area (Å²) >= 11 is 19.7. The van der Waals surface area contributed by atoms with Gasteiger partial charge >= 0.3 is 12.2 Å². The van der Waals surface area contributed by atoms with Crippen molar-refractivity contribution in [2.45, 2.75) is 64.5 Å². The summed E-state index contributed by atoms with van der Waals surface area (Å²) in [4.78, 5) is 79.1. The highest BCUT2D eigenvalue weighted by Gasteiger charge is 2.29. The zero-order valence-electron chi connectivity index (χ0n) is 41.8. The minimum atomic E-state index is -0.776. The van der Waals surface area contributed by atoms with Crippen LogP contribution in [0.15, 0.2) is 115 Å². The first-order valence-corrected chi connectivity index (χ1v) is 25.9. The summed E-state index contributed by atoms with van der Waals surface area (Å²) < 4.78 is 13.1. The number of ether oxygens (including phenoxy) is 2. The molecule has 0 radical (unpaired) electrons. The summed E-state index contributed by atoms with van der Waals surface area (Å²) in [6, 6.07) is 33.1. The summed E-state index contributed by atoms with van der Waals surface area (Å²) in [5.41, 5.74) is 8.10. The highest BCUT2D eigenvalue weighted by atomic mass is 35.5. The maximum Gasteiger partial charge on any atom is 0.436 e. The van der Waals surface area contributed by atoms with Gasteiger partial charge in [-0.2, -0.15) is 9.36 Å². The van der Waals surface area contributed by atoms with Crippen LogP contribution < -0.4 is 31.5 Å². The number of hydrogen-bond acceptors (Lipinski definition) is 14. The van der Waals surface area contributed by atoms with Gasteiger partial charge in [0.15, 0.2) is 11.6 Å². The van der Waals surface area contributed by atoms with Crippen molar-refractivity contribution < 1.29 is 38.2 Å². The van der Waals surface area contributed by atoms with Gasteiger partial charge in [0, 0.05) is 42.0 Å². The van der Waals surface area contributed by atoms with E-state index in [9.17, 15) is 28.8 Å². The van der Waals surface area contributed by atoms with Gasteiger partial charge in [-0.15, -0.1) is 56.1 Å². The number of carbonyl (C=O) groups is 6. The molecule has 0 atom stereocenters. The number of rotatable bonds is 12. The number of hydrogen-bond donors (Lipinski definition) is 4. The minimum absolute atomic E-state index is 0.124. The lowest BCUT2D eigenvalue weighted by Crippen LogP contribution is -2.38. The molecule has 0 fully saturated rings. The van der Waals surface area contributed by atoms with Crippen LogP contribution in [0.25, 0.3) is 20.4 Å². The fourth-order valence-electron chi connectivity index (χ4n) is 6.79. The molecule has 0 spiro atoms. The standard InChI is InChI=1S/C26H25Cl2N5O4S.C26H26ClN5O4S/c1-26(2,3)37-25(36)33-24-19(21(30-33)29-22(34)16-7-5-15(14-27)6-8-16)13-20(38-24)23(35)31-32(4)18-11-9-17(28)10-12-18;1-26(2,3)36-25(35)32-24-19(21(29-32)28-22(33)17-12-10-16(15-27)11-13-17)14-20(37-24)23(34)30-31(4)18-8-6-5-7-9-18/h5-13H,14H2,1-4H3,(H,31,35)(H,29,30,34);5-14H,15H2,1-4H3,(H,30,34)(H,28,29,33). The maximum atomic E-state index is 13.1. The Balaban J connectivity index is 0.000000219. The Morgan fingerprint density at radius 3 is 1.28 bits per heavy atom. The highest BCUT2D eigenvalue weighted by Crippen LogP contribution is 2.34. The molecular weight excluding hydrogens is 1060 g/mol. The molecule has 4 aromatic heterocycles. The first-order chi connectivity index (χ1) is 35.5. The van der Waals surface area contributed by atoms with Crippen molar-refractivity contribution in [3.8, 4) is 0 Å². The van der Waals surface area contributed by atoms with Gasteiger partial charge in [0.2, 0.25) is 0 Å². The Bertz CT molecular complexity index is 3380. The predicted molar refractivity (Wildman–Crippen MR) is 296 cm³/mol. The van der Waals surface area contributed by atoms with Gasteiger partial charge in [-0.25, -0.2) is 9.59 Å². The summed E-state index contributed by atoms with van der Waals surface area (Å²) in [5.74, 6) is -0.708. The number of anilines is 4. The van der Waals surface area contributed by atoms with Crippen LogP contribution in [0, 0.1) is 0 Å². The molecule has 0 aliphatic carbocycles. The van der Waals surface area contributed by atoms with Crippen molar-refractivity contribution in [2.75, 3.05) is 34.7 Å². The molecule has 4 heterocycles. The molecule has 0 saturated heterocycles. The predicted octanol–water partition coefficient (Wildman–Crippen LogP) is 12.0. The van der Waals surface area contributed by atoms with E-state index in [1.807, 2.05) is 30.3 Å². The van der Waals surface area contributed by atoms with Crippen LogP contribution in [0.5, 0.6) is 0 Å². The first kappa shape index (κ1) is 55.3. The molecule has 0 unspecified atom stereocenters. The quantitative estimate of drug-likeness (QED) is 0.0665. The fourth-order valence-corrected chi connectivity index (χ4v) is 9.26. The largest absolute Gasteiger partial charge is 0.442 e. The van der Waals surface area contributed by atoms with Gasteiger partial charge in [-0.05, 0) is 125 Å². The van der Waals surface area contributed by atoms with E-state index in [-0.39, 0.29) is 17.5 Å². The Hall–Kier alpha value is -7.49. The molecule has 23 heteroatoms. The van der Waals surface area contributed by atoms with Gasteiger partial charge in [0.05, 0.1) is 31.9 Å². The van der Waals surface area contributed by atoms with Gasteiger partial charge < -0.3 is 20.1 Å². The fraction of sp³-hybridized carbons (Fsp3) is 0.231. The van der Waals surface area contributed by atoms with Crippen molar-refractivity contribution in [1.82, 2.24) is 30.4 Å². The smallest absolute Gasteiger partial charge is 0.436 e. The Kier molecular flexibility index (Phi) is 17.2. The number of nitrogens with one attached hydrogen (secondary N) is 4.